The van der Waals surface area contributed by atoms with Gasteiger partial charge >= 0.3 is 0 Å². The fourth-order valence-electron chi connectivity index (χ4n) is 6.66. The van der Waals surface area contributed by atoms with Crippen molar-refractivity contribution in [1.82, 2.24) is 4.90 Å². The van der Waals surface area contributed by atoms with Crippen LogP contribution < -0.4 is 5.73 Å². The summed E-state index contributed by atoms with van der Waals surface area (Å²) in [7, 11) is 2.85. The monoisotopic (exact) mass is 560 g/mol. The number of likely N-dealkylation sites (N-methyl/N-ethyl adjacent to an activating group) is 1. The molecule has 3 aliphatic rings. The number of aliphatic hydroxyl groups is 2. The second-order valence-corrected chi connectivity index (χ2v) is 11.0. The van der Waals surface area contributed by atoms with Crippen LogP contribution in [0.5, 0.6) is 5.75 Å². The van der Waals surface area contributed by atoms with Gasteiger partial charge in [-0.05, 0) is 43.8 Å². The Morgan fingerprint density at radius 1 is 1.00 bits per heavy atom. The molecule has 0 heterocycles. The Morgan fingerprint density at radius 3 is 2.20 bits per heavy atom. The molecule has 7 unspecified atom stereocenters. The molecule has 5 N–H and O–H groups in total. The highest BCUT2D eigenvalue weighted by Crippen LogP contribution is 2.54. The Bertz CT molecular complexity index is 1570. The number of nitrogens with two attached hydrogens (primary N) is 1. The van der Waals surface area contributed by atoms with Gasteiger partial charge in [-0.25, -0.2) is 0 Å². The number of Topliss-reactive ketones (excluding diaryl/α,β-unsaturated/α-hetero) is 5. The summed E-state index contributed by atoms with van der Waals surface area (Å²) in [4.78, 5) is 80.0. The Balaban J connectivity index is 1.77. The van der Waals surface area contributed by atoms with E-state index in [4.69, 9.17) is 5.73 Å². The van der Waals surface area contributed by atoms with E-state index in [1.54, 1.807) is 30.3 Å². The van der Waals surface area contributed by atoms with Crippen LogP contribution in [0.1, 0.15) is 38.8 Å². The van der Waals surface area contributed by atoms with Crippen LogP contribution in [0.3, 0.4) is 0 Å². The summed E-state index contributed by atoms with van der Waals surface area (Å²) in [6.45, 7) is 1.41. The zero-order valence-corrected chi connectivity index (χ0v) is 22.4. The fourth-order valence-corrected chi connectivity index (χ4v) is 6.66. The van der Waals surface area contributed by atoms with E-state index in [9.17, 15) is 44.1 Å². The maximum atomic E-state index is 14.1. The molecule has 0 spiro atoms. The summed E-state index contributed by atoms with van der Waals surface area (Å²) >= 11 is 0. The Kier molecular flexibility index (Phi) is 6.64. The van der Waals surface area contributed by atoms with E-state index < -0.39 is 76.2 Å². The molecule has 41 heavy (non-hydrogen) atoms. The molecule has 3 aliphatic carbocycles. The Hall–Kier alpha value is -4.32. The minimum absolute atomic E-state index is 0.161. The van der Waals surface area contributed by atoms with Crippen molar-refractivity contribution in [1.29, 1.82) is 0 Å². The van der Waals surface area contributed by atoms with Gasteiger partial charge in [0.25, 0.3) is 0 Å². The van der Waals surface area contributed by atoms with Gasteiger partial charge in [-0.3, -0.25) is 33.7 Å². The van der Waals surface area contributed by atoms with Gasteiger partial charge in [0, 0.05) is 11.5 Å². The third-order valence-corrected chi connectivity index (χ3v) is 8.51. The molecule has 2 fully saturated rings. The third kappa shape index (κ3) is 3.91. The average Bonchev–Trinajstić information content (AvgIpc) is 2.90. The Morgan fingerprint density at radius 2 is 1.63 bits per heavy atom. The first kappa shape index (κ1) is 28.2. The lowest BCUT2D eigenvalue weighted by molar-refractivity contribution is -0.192. The van der Waals surface area contributed by atoms with Crippen molar-refractivity contribution in [2.24, 2.45) is 29.4 Å². The van der Waals surface area contributed by atoms with Crippen molar-refractivity contribution in [3.05, 3.63) is 64.7 Å². The van der Waals surface area contributed by atoms with Crippen LogP contribution in [0.15, 0.2) is 42.5 Å². The zero-order valence-electron chi connectivity index (χ0n) is 22.4. The number of hydrogen-bond acceptors (Lipinski definition) is 10. The zero-order chi connectivity index (χ0) is 30.1. The average molecular weight is 561 g/mol. The summed E-state index contributed by atoms with van der Waals surface area (Å²) in [6, 6.07) is 9.18. The van der Waals surface area contributed by atoms with Crippen LogP contribution in [0.4, 0.5) is 0 Å². The molecule has 11 nitrogen and oxygen atoms in total. The van der Waals surface area contributed by atoms with Gasteiger partial charge in [0.2, 0.25) is 5.91 Å². The van der Waals surface area contributed by atoms with Gasteiger partial charge in [0.15, 0.2) is 40.4 Å². The van der Waals surface area contributed by atoms with Crippen molar-refractivity contribution in [2.75, 3.05) is 14.1 Å². The highest BCUT2D eigenvalue weighted by Gasteiger charge is 2.72. The molecule has 212 valence electrons. The van der Waals surface area contributed by atoms with Crippen molar-refractivity contribution in [3.8, 4) is 5.75 Å². The lowest BCUT2D eigenvalue weighted by atomic mass is 9.50. The van der Waals surface area contributed by atoms with E-state index in [0.717, 1.165) is 0 Å². The summed E-state index contributed by atoms with van der Waals surface area (Å²) < 4.78 is 0. The summed E-state index contributed by atoms with van der Waals surface area (Å²) in [5.41, 5.74) is 3.44. The number of phenols is 1. The van der Waals surface area contributed by atoms with E-state index in [1.165, 1.54) is 44.1 Å². The summed E-state index contributed by atoms with van der Waals surface area (Å²) in [6.07, 6.45) is -0.227. The minimum atomic E-state index is -3.09. The summed E-state index contributed by atoms with van der Waals surface area (Å²) in [5.74, 6) is -13.7. The second kappa shape index (κ2) is 9.65. The molecule has 0 bridgehead atoms. The lowest BCUT2D eigenvalue weighted by Crippen LogP contribution is -2.77. The number of ketones is 5. The van der Waals surface area contributed by atoms with E-state index in [-0.39, 0.29) is 22.5 Å². The van der Waals surface area contributed by atoms with Crippen LogP contribution in [-0.4, -0.2) is 86.9 Å². The molecule has 2 aromatic rings. The molecule has 0 radical (unpaired) electrons. The normalized spacial score (nSPS) is 32.0. The molecule has 7 atom stereocenters. The number of nitrogens with zero attached hydrogens (tertiary/aromatic N) is 1. The minimum Gasteiger partial charge on any atom is -0.507 e. The van der Waals surface area contributed by atoms with Gasteiger partial charge in [-0.15, -0.1) is 0 Å². The number of carbonyl (C=O) groups is 6. The number of benzene rings is 2. The first-order valence-corrected chi connectivity index (χ1v) is 12.9. The molecule has 0 aliphatic heterocycles. The lowest BCUT2D eigenvalue weighted by Gasteiger charge is -2.55. The maximum absolute atomic E-state index is 14.1. The molecule has 5 rings (SSSR count). The number of primary amides is 1. The highest BCUT2D eigenvalue weighted by molar-refractivity contribution is 6.33. The van der Waals surface area contributed by atoms with Crippen molar-refractivity contribution in [2.45, 2.75) is 24.7 Å². The van der Waals surface area contributed by atoms with Gasteiger partial charge in [-0.1, -0.05) is 42.5 Å². The number of aliphatic hydroxyl groups excluding tert-OH is 1. The quantitative estimate of drug-likeness (QED) is 0.293. The first-order valence-electron chi connectivity index (χ1n) is 12.9. The fraction of sp³-hybridized carbons (Fsp3) is 0.333. The van der Waals surface area contributed by atoms with Gasteiger partial charge < -0.3 is 21.1 Å². The first-order chi connectivity index (χ1) is 19.2. The van der Waals surface area contributed by atoms with Crippen LogP contribution in [0.2, 0.25) is 0 Å². The van der Waals surface area contributed by atoms with Crippen LogP contribution in [0, 0.1) is 23.7 Å². The molecule has 2 saturated carbocycles. The van der Waals surface area contributed by atoms with E-state index >= 15 is 0 Å². The number of phenolic OH excluding ortho intramolecular Hbond substituents is 1. The Labute approximate surface area is 234 Å². The number of amides is 1. The number of hydrogen-bond donors (Lipinski definition) is 4. The van der Waals surface area contributed by atoms with Crippen molar-refractivity contribution < 1.29 is 44.1 Å². The SMILES string of the molecule is CC(=O)c1ccc(/C=C2\c3cccc(O)c3C(=O)C3C(=O)C4(O)C(=O)C(C(N)=O)C(=O)C(N(C)C)C4C(O)C23)cc1. The molecular weight excluding hydrogens is 532 g/mol. The van der Waals surface area contributed by atoms with Crippen molar-refractivity contribution >= 4 is 46.5 Å². The standard InChI is InChI=1S/C30H28N2O9/c1-12(33)14-9-7-13(8-10-14)11-16-15-5-4-6-17(34)18(15)24(35)20-19(16)25(36)22-23(32(2)3)26(37)21(29(31)40)28(39)30(22,41)27(20)38/h4-11,19-23,25,34,36,41H,1-3H3,(H2,31,40)/b16-11+. The molecule has 0 saturated heterocycles. The smallest absolute Gasteiger partial charge is 0.235 e. The molecular formula is C30H28N2O9. The van der Waals surface area contributed by atoms with Gasteiger partial charge in [0.1, 0.15) is 5.75 Å². The van der Waals surface area contributed by atoms with Gasteiger partial charge in [0.05, 0.1) is 29.5 Å². The third-order valence-electron chi connectivity index (χ3n) is 8.51. The number of aromatic hydroxyl groups is 1. The van der Waals surface area contributed by atoms with Crippen LogP contribution >= 0.6 is 0 Å². The highest BCUT2D eigenvalue weighted by atomic mass is 16.3. The molecule has 1 amide bonds. The van der Waals surface area contributed by atoms with Crippen LogP contribution in [-0.2, 0) is 19.2 Å². The molecule has 0 aromatic heterocycles. The second-order valence-electron chi connectivity index (χ2n) is 11.0. The van der Waals surface area contributed by atoms with Crippen molar-refractivity contribution in [3.63, 3.8) is 0 Å². The maximum Gasteiger partial charge on any atom is 0.235 e. The predicted molar refractivity (Wildman–Crippen MR) is 143 cm³/mol. The molecule has 11 heteroatoms. The molecule has 2 aromatic carbocycles. The topological polar surface area (TPSA) is 192 Å². The van der Waals surface area contributed by atoms with Crippen LogP contribution in [0.25, 0.3) is 11.6 Å². The number of fused-ring (bicyclic) bond motifs is 3. The van der Waals surface area contributed by atoms with E-state index in [1.807, 2.05) is 0 Å². The van der Waals surface area contributed by atoms with E-state index in [0.29, 0.717) is 11.1 Å². The van der Waals surface area contributed by atoms with E-state index in [2.05, 4.69) is 0 Å². The van der Waals surface area contributed by atoms with Gasteiger partial charge in [-0.2, -0.15) is 0 Å². The number of carbonyl (C=O) groups excluding carboxylic acids is 6. The largest absolute Gasteiger partial charge is 0.507 e. The predicted octanol–water partition coefficient (Wildman–Crippen LogP) is 0.0385. The number of rotatable bonds is 4. The summed E-state index contributed by atoms with van der Waals surface area (Å²) in [5, 5.41) is 34.3.